The second kappa shape index (κ2) is 5.56. The molecule has 2 aromatic rings. The number of rotatable bonds is 4. The molecule has 0 atom stereocenters. The van der Waals surface area contributed by atoms with Crippen molar-refractivity contribution in [3.8, 4) is 5.75 Å². The van der Waals surface area contributed by atoms with Crippen LogP contribution in [-0.4, -0.2) is 34.9 Å². The molecule has 1 aromatic heterocycles. The highest BCUT2D eigenvalue weighted by molar-refractivity contribution is 5.98. The fourth-order valence-corrected chi connectivity index (χ4v) is 1.96. The van der Waals surface area contributed by atoms with Gasteiger partial charge in [-0.05, 0) is 18.6 Å². The predicted octanol–water partition coefficient (Wildman–Crippen LogP) is 2.00. The molecule has 19 heavy (non-hydrogen) atoms. The monoisotopic (exact) mass is 259 g/mol. The number of aryl methyl sites for hydroxylation is 1. The van der Waals surface area contributed by atoms with E-state index in [4.69, 9.17) is 4.74 Å². The standard InChI is InChI=1S/C14H17N3O2/c1-10-5-4-6-11(19-3)13(10)14(18)17(2)9-12-15-7-8-16-12/h4-8H,9H2,1-3H3,(H,15,16). The second-order valence-corrected chi connectivity index (χ2v) is 4.35. The molecule has 1 N–H and O–H groups in total. The lowest BCUT2D eigenvalue weighted by Gasteiger charge is -2.19. The van der Waals surface area contributed by atoms with Crippen LogP contribution in [0.1, 0.15) is 21.7 Å². The van der Waals surface area contributed by atoms with Gasteiger partial charge in [-0.15, -0.1) is 0 Å². The van der Waals surface area contributed by atoms with E-state index in [0.29, 0.717) is 17.9 Å². The lowest BCUT2D eigenvalue weighted by atomic mass is 10.1. The molecule has 0 fully saturated rings. The van der Waals surface area contributed by atoms with Crippen LogP contribution < -0.4 is 4.74 Å². The van der Waals surface area contributed by atoms with E-state index in [0.717, 1.165) is 11.4 Å². The average Bonchev–Trinajstić information content (AvgIpc) is 2.90. The summed E-state index contributed by atoms with van der Waals surface area (Å²) in [6.07, 6.45) is 3.41. The molecule has 5 heteroatoms. The zero-order valence-electron chi connectivity index (χ0n) is 11.3. The first-order valence-electron chi connectivity index (χ1n) is 6.00. The van der Waals surface area contributed by atoms with Crippen LogP contribution in [0.5, 0.6) is 5.75 Å². The molecule has 1 amide bonds. The van der Waals surface area contributed by atoms with E-state index >= 15 is 0 Å². The molecule has 0 saturated carbocycles. The summed E-state index contributed by atoms with van der Waals surface area (Å²) < 4.78 is 5.26. The van der Waals surface area contributed by atoms with Gasteiger partial charge in [-0.2, -0.15) is 0 Å². The SMILES string of the molecule is COc1cccc(C)c1C(=O)N(C)Cc1ncc[nH]1. The summed E-state index contributed by atoms with van der Waals surface area (Å²) in [4.78, 5) is 21.2. The third kappa shape index (κ3) is 2.76. The first-order valence-corrected chi connectivity index (χ1v) is 6.00. The van der Waals surface area contributed by atoms with Crippen LogP contribution in [0.4, 0.5) is 0 Å². The molecule has 0 unspecified atom stereocenters. The number of benzene rings is 1. The molecule has 0 spiro atoms. The number of amides is 1. The Bertz CT molecular complexity index is 564. The van der Waals surface area contributed by atoms with Crippen molar-refractivity contribution >= 4 is 5.91 Å². The Morgan fingerprint density at radius 1 is 1.47 bits per heavy atom. The lowest BCUT2D eigenvalue weighted by Crippen LogP contribution is -2.27. The molecule has 1 heterocycles. The Morgan fingerprint density at radius 3 is 2.89 bits per heavy atom. The first kappa shape index (κ1) is 13.1. The van der Waals surface area contributed by atoms with Gasteiger partial charge in [-0.25, -0.2) is 4.98 Å². The minimum Gasteiger partial charge on any atom is -0.496 e. The Morgan fingerprint density at radius 2 is 2.26 bits per heavy atom. The summed E-state index contributed by atoms with van der Waals surface area (Å²) in [5.41, 5.74) is 1.50. The fraction of sp³-hybridized carbons (Fsp3) is 0.286. The number of carbonyl (C=O) groups excluding carboxylic acids is 1. The zero-order valence-corrected chi connectivity index (χ0v) is 11.3. The van der Waals surface area contributed by atoms with Gasteiger partial charge in [0.15, 0.2) is 0 Å². The number of H-pyrrole nitrogens is 1. The van der Waals surface area contributed by atoms with Gasteiger partial charge in [0.05, 0.1) is 19.2 Å². The topological polar surface area (TPSA) is 58.2 Å². The molecule has 1 aromatic carbocycles. The number of imidazole rings is 1. The van der Waals surface area contributed by atoms with E-state index in [1.807, 2.05) is 19.1 Å². The van der Waals surface area contributed by atoms with Crippen molar-refractivity contribution < 1.29 is 9.53 Å². The highest BCUT2D eigenvalue weighted by atomic mass is 16.5. The number of aromatic nitrogens is 2. The summed E-state index contributed by atoms with van der Waals surface area (Å²) in [7, 11) is 3.31. The zero-order chi connectivity index (χ0) is 13.8. The Kier molecular flexibility index (Phi) is 3.85. The van der Waals surface area contributed by atoms with Crippen LogP contribution in [0.2, 0.25) is 0 Å². The molecule has 0 saturated heterocycles. The largest absolute Gasteiger partial charge is 0.496 e. The molecule has 0 aliphatic carbocycles. The van der Waals surface area contributed by atoms with Crippen molar-refractivity contribution in [1.82, 2.24) is 14.9 Å². The van der Waals surface area contributed by atoms with Crippen LogP contribution in [-0.2, 0) is 6.54 Å². The van der Waals surface area contributed by atoms with Crippen molar-refractivity contribution in [2.75, 3.05) is 14.2 Å². The Hall–Kier alpha value is -2.30. The lowest BCUT2D eigenvalue weighted by molar-refractivity contribution is 0.0777. The van der Waals surface area contributed by atoms with Crippen molar-refractivity contribution in [3.05, 3.63) is 47.5 Å². The number of aromatic amines is 1. The van der Waals surface area contributed by atoms with Crippen molar-refractivity contribution in [2.45, 2.75) is 13.5 Å². The van der Waals surface area contributed by atoms with Crippen LogP contribution >= 0.6 is 0 Å². The van der Waals surface area contributed by atoms with Gasteiger partial charge in [-0.1, -0.05) is 12.1 Å². The van der Waals surface area contributed by atoms with Gasteiger partial charge >= 0.3 is 0 Å². The van der Waals surface area contributed by atoms with Crippen LogP contribution in [0.15, 0.2) is 30.6 Å². The maximum Gasteiger partial charge on any atom is 0.258 e. The molecule has 2 rings (SSSR count). The highest BCUT2D eigenvalue weighted by Gasteiger charge is 2.19. The summed E-state index contributed by atoms with van der Waals surface area (Å²) in [6.45, 7) is 2.33. The van der Waals surface area contributed by atoms with Crippen molar-refractivity contribution in [3.63, 3.8) is 0 Å². The van der Waals surface area contributed by atoms with Gasteiger partial charge in [-0.3, -0.25) is 4.79 Å². The predicted molar refractivity (Wildman–Crippen MR) is 72.1 cm³/mol. The summed E-state index contributed by atoms with van der Waals surface area (Å²) in [6, 6.07) is 5.56. The molecule has 100 valence electrons. The number of nitrogens with one attached hydrogen (secondary N) is 1. The molecular weight excluding hydrogens is 242 g/mol. The van der Waals surface area contributed by atoms with Gasteiger partial charge < -0.3 is 14.6 Å². The number of nitrogens with zero attached hydrogens (tertiary/aromatic N) is 2. The average molecular weight is 259 g/mol. The second-order valence-electron chi connectivity index (χ2n) is 4.35. The normalized spacial score (nSPS) is 10.3. The Balaban J connectivity index is 2.24. The minimum atomic E-state index is -0.0775. The third-order valence-electron chi connectivity index (χ3n) is 2.96. The molecule has 5 nitrogen and oxygen atoms in total. The van der Waals surface area contributed by atoms with Crippen molar-refractivity contribution in [1.29, 1.82) is 0 Å². The van der Waals surface area contributed by atoms with E-state index < -0.39 is 0 Å². The van der Waals surface area contributed by atoms with Gasteiger partial charge in [0, 0.05) is 19.4 Å². The summed E-state index contributed by atoms with van der Waals surface area (Å²) >= 11 is 0. The van der Waals surface area contributed by atoms with Gasteiger partial charge in [0.25, 0.3) is 5.91 Å². The molecule has 0 bridgehead atoms. The molecular formula is C14H17N3O2. The smallest absolute Gasteiger partial charge is 0.258 e. The van der Waals surface area contributed by atoms with E-state index in [1.54, 1.807) is 37.5 Å². The highest BCUT2D eigenvalue weighted by Crippen LogP contribution is 2.23. The number of hydrogen-bond donors (Lipinski definition) is 1. The van der Waals surface area contributed by atoms with E-state index in [1.165, 1.54) is 0 Å². The Labute approximate surface area is 112 Å². The molecule has 0 aliphatic rings. The number of hydrogen-bond acceptors (Lipinski definition) is 3. The summed E-state index contributed by atoms with van der Waals surface area (Å²) in [5.74, 6) is 1.27. The van der Waals surface area contributed by atoms with Crippen LogP contribution in [0.25, 0.3) is 0 Å². The fourth-order valence-electron chi connectivity index (χ4n) is 1.96. The van der Waals surface area contributed by atoms with Gasteiger partial charge in [0.2, 0.25) is 0 Å². The van der Waals surface area contributed by atoms with E-state index in [9.17, 15) is 4.79 Å². The van der Waals surface area contributed by atoms with Crippen LogP contribution in [0, 0.1) is 6.92 Å². The number of methoxy groups -OCH3 is 1. The first-order chi connectivity index (χ1) is 9.13. The van der Waals surface area contributed by atoms with E-state index in [2.05, 4.69) is 9.97 Å². The van der Waals surface area contributed by atoms with Crippen molar-refractivity contribution in [2.24, 2.45) is 0 Å². The summed E-state index contributed by atoms with van der Waals surface area (Å²) in [5, 5.41) is 0. The quantitative estimate of drug-likeness (QED) is 0.913. The minimum absolute atomic E-state index is 0.0775. The molecule has 0 aliphatic heterocycles. The van der Waals surface area contributed by atoms with Crippen LogP contribution in [0.3, 0.4) is 0 Å². The van der Waals surface area contributed by atoms with Gasteiger partial charge in [0.1, 0.15) is 11.6 Å². The number of carbonyl (C=O) groups is 1. The van der Waals surface area contributed by atoms with E-state index in [-0.39, 0.29) is 5.91 Å². The third-order valence-corrected chi connectivity index (χ3v) is 2.96. The maximum atomic E-state index is 12.5. The maximum absolute atomic E-state index is 12.5. The number of ether oxygens (including phenoxy) is 1. The molecule has 0 radical (unpaired) electrons.